The maximum absolute atomic E-state index is 13.0. The number of likely N-dealkylation sites (tertiary alicyclic amines) is 1. The van der Waals surface area contributed by atoms with Crippen molar-refractivity contribution in [3.63, 3.8) is 0 Å². The fraction of sp³-hybridized carbons (Fsp3) is 0.318. The van der Waals surface area contributed by atoms with Gasteiger partial charge in [-0.1, -0.05) is 11.6 Å². The van der Waals surface area contributed by atoms with Crippen LogP contribution in [-0.2, 0) is 6.18 Å². The van der Waals surface area contributed by atoms with Gasteiger partial charge in [0.25, 0.3) is 0 Å². The van der Waals surface area contributed by atoms with Crippen LogP contribution in [0.1, 0.15) is 23.5 Å². The van der Waals surface area contributed by atoms with Gasteiger partial charge in [0.05, 0.1) is 17.2 Å². The maximum atomic E-state index is 13.0. The molecule has 4 rings (SSSR count). The summed E-state index contributed by atoms with van der Waals surface area (Å²) in [4.78, 5) is 14.7. The van der Waals surface area contributed by atoms with Crippen LogP contribution in [0.4, 0.5) is 13.2 Å². The number of hydrogen-bond donors (Lipinski definition) is 3. The van der Waals surface area contributed by atoms with Crippen LogP contribution in [0.15, 0.2) is 39.5 Å². The largest absolute Gasteiger partial charge is 0.507 e. The standard InChI is InChI=1S/C22H19ClF3NO5.ClH/c1-27-5-4-12(14(27)9-28)19-15(29)7-16(30)20-17(31)8-18(32-21(19)20)11-3-2-10(6-13(11)23)22(24,25)26;/h2-3,6-8,12,14,28-30H,4-5,9H2,1H3;1H/t12?,14-;/m1./s1. The molecule has 33 heavy (non-hydrogen) atoms. The predicted octanol–water partition coefficient (Wildman–Crippen LogP) is 4.75. The molecule has 1 fully saturated rings. The molecule has 0 saturated carbocycles. The van der Waals surface area contributed by atoms with E-state index in [1.54, 1.807) is 0 Å². The Kier molecular flexibility index (Phi) is 6.91. The molecule has 1 aliphatic rings. The van der Waals surface area contributed by atoms with Crippen LogP contribution in [-0.4, -0.2) is 46.5 Å². The molecule has 2 heterocycles. The van der Waals surface area contributed by atoms with Crippen LogP contribution < -0.4 is 5.43 Å². The van der Waals surface area contributed by atoms with E-state index in [1.165, 1.54) is 0 Å². The second kappa shape index (κ2) is 9.06. The number of aliphatic hydroxyl groups is 1. The Bertz CT molecular complexity index is 1260. The summed E-state index contributed by atoms with van der Waals surface area (Å²) in [5, 5.41) is 30.3. The summed E-state index contributed by atoms with van der Waals surface area (Å²) >= 11 is 6.07. The zero-order valence-electron chi connectivity index (χ0n) is 17.2. The summed E-state index contributed by atoms with van der Waals surface area (Å²) in [6.45, 7) is 0.407. The summed E-state index contributed by atoms with van der Waals surface area (Å²) in [7, 11) is 1.81. The highest BCUT2D eigenvalue weighted by Crippen LogP contribution is 2.45. The number of aliphatic hydroxyl groups excluding tert-OH is 1. The lowest BCUT2D eigenvalue weighted by Gasteiger charge is -2.24. The van der Waals surface area contributed by atoms with E-state index in [0.29, 0.717) is 13.0 Å². The Balaban J connectivity index is 0.00000306. The quantitative estimate of drug-likeness (QED) is 0.475. The van der Waals surface area contributed by atoms with Crippen molar-refractivity contribution in [2.75, 3.05) is 20.2 Å². The van der Waals surface area contributed by atoms with Crippen LogP contribution in [0.2, 0.25) is 5.02 Å². The molecule has 3 aromatic rings. The molecule has 0 aliphatic carbocycles. The highest BCUT2D eigenvalue weighted by molar-refractivity contribution is 6.33. The summed E-state index contributed by atoms with van der Waals surface area (Å²) in [5.74, 6) is -1.33. The van der Waals surface area contributed by atoms with Crippen LogP contribution in [0, 0.1) is 0 Å². The van der Waals surface area contributed by atoms with Crippen molar-refractivity contribution in [3.8, 4) is 22.8 Å². The first-order valence-electron chi connectivity index (χ1n) is 9.73. The molecule has 2 aromatic carbocycles. The van der Waals surface area contributed by atoms with Crippen LogP contribution >= 0.6 is 24.0 Å². The molecule has 178 valence electrons. The zero-order valence-corrected chi connectivity index (χ0v) is 18.8. The summed E-state index contributed by atoms with van der Waals surface area (Å²) in [5.41, 5.74) is -1.41. The number of aromatic hydroxyl groups is 2. The average Bonchev–Trinajstić information content (AvgIpc) is 3.06. The van der Waals surface area contributed by atoms with Gasteiger partial charge in [0.15, 0.2) is 5.43 Å². The van der Waals surface area contributed by atoms with Crippen molar-refractivity contribution >= 4 is 35.0 Å². The lowest BCUT2D eigenvalue weighted by atomic mass is 9.89. The van der Waals surface area contributed by atoms with Crippen molar-refractivity contribution in [1.82, 2.24) is 4.90 Å². The number of rotatable bonds is 3. The molecule has 11 heteroatoms. The number of hydrogen-bond acceptors (Lipinski definition) is 6. The number of alkyl halides is 3. The van der Waals surface area contributed by atoms with Gasteiger partial charge in [0, 0.05) is 35.2 Å². The van der Waals surface area contributed by atoms with E-state index >= 15 is 0 Å². The van der Waals surface area contributed by atoms with Crippen LogP contribution in [0.25, 0.3) is 22.3 Å². The molecule has 1 saturated heterocycles. The van der Waals surface area contributed by atoms with Crippen molar-refractivity contribution in [3.05, 3.63) is 56.7 Å². The molecule has 0 radical (unpaired) electrons. The third-order valence-corrected chi connectivity index (χ3v) is 6.25. The summed E-state index contributed by atoms with van der Waals surface area (Å²) in [6.07, 6.45) is -4.05. The third kappa shape index (κ3) is 4.38. The van der Waals surface area contributed by atoms with E-state index in [2.05, 4.69) is 0 Å². The Morgan fingerprint density at radius 1 is 1.18 bits per heavy atom. The van der Waals surface area contributed by atoms with Gasteiger partial charge in [-0.15, -0.1) is 12.4 Å². The van der Waals surface area contributed by atoms with Gasteiger partial charge in [0.1, 0.15) is 28.2 Å². The van der Waals surface area contributed by atoms with E-state index in [4.69, 9.17) is 16.0 Å². The maximum Gasteiger partial charge on any atom is 0.416 e. The highest BCUT2D eigenvalue weighted by atomic mass is 35.5. The lowest BCUT2D eigenvalue weighted by Crippen LogP contribution is -2.32. The Morgan fingerprint density at radius 3 is 2.48 bits per heavy atom. The molecular formula is C22H20Cl2F3NO5. The molecule has 2 atom stereocenters. The fourth-order valence-electron chi connectivity index (χ4n) is 4.32. The normalized spacial score (nSPS) is 19.1. The van der Waals surface area contributed by atoms with Crippen molar-refractivity contribution in [1.29, 1.82) is 0 Å². The third-order valence-electron chi connectivity index (χ3n) is 5.94. The molecule has 0 spiro atoms. The first-order valence-corrected chi connectivity index (χ1v) is 10.1. The Labute approximate surface area is 197 Å². The number of phenolic OH excluding ortho intramolecular Hbond substituents is 2. The first kappa shape index (κ1) is 25.2. The van der Waals surface area contributed by atoms with E-state index < -0.39 is 28.8 Å². The first-order chi connectivity index (χ1) is 15.0. The number of benzene rings is 2. The van der Waals surface area contributed by atoms with Crippen molar-refractivity contribution < 1.29 is 32.9 Å². The van der Waals surface area contributed by atoms with Crippen LogP contribution in [0.5, 0.6) is 11.5 Å². The van der Waals surface area contributed by atoms with Gasteiger partial charge < -0.3 is 24.6 Å². The van der Waals surface area contributed by atoms with E-state index in [1.807, 2.05) is 11.9 Å². The van der Waals surface area contributed by atoms with E-state index in [-0.39, 0.29) is 63.7 Å². The minimum Gasteiger partial charge on any atom is -0.507 e. The zero-order chi connectivity index (χ0) is 23.4. The molecule has 6 nitrogen and oxygen atoms in total. The number of nitrogens with zero attached hydrogens (tertiary/aromatic N) is 1. The van der Waals surface area contributed by atoms with Gasteiger partial charge >= 0.3 is 6.18 Å². The van der Waals surface area contributed by atoms with Gasteiger partial charge in [0.2, 0.25) is 0 Å². The number of phenols is 2. The molecule has 1 aromatic heterocycles. The van der Waals surface area contributed by atoms with Gasteiger partial charge in [-0.25, -0.2) is 0 Å². The summed E-state index contributed by atoms with van der Waals surface area (Å²) in [6, 6.07) is 4.36. The second-order valence-corrected chi connectivity index (χ2v) is 8.23. The number of fused-ring (bicyclic) bond motifs is 1. The minimum atomic E-state index is -4.59. The summed E-state index contributed by atoms with van der Waals surface area (Å²) < 4.78 is 44.8. The number of halogens is 5. The lowest BCUT2D eigenvalue weighted by molar-refractivity contribution is -0.137. The monoisotopic (exact) mass is 505 g/mol. The molecular weight excluding hydrogens is 486 g/mol. The van der Waals surface area contributed by atoms with Gasteiger partial charge in [-0.2, -0.15) is 13.2 Å². The predicted molar refractivity (Wildman–Crippen MR) is 119 cm³/mol. The number of likely N-dealkylation sites (N-methyl/N-ethyl adjacent to an activating group) is 1. The van der Waals surface area contributed by atoms with Crippen molar-refractivity contribution in [2.24, 2.45) is 0 Å². The molecule has 0 amide bonds. The Morgan fingerprint density at radius 2 is 1.88 bits per heavy atom. The topological polar surface area (TPSA) is 94.1 Å². The molecule has 3 N–H and O–H groups in total. The second-order valence-electron chi connectivity index (χ2n) is 7.83. The highest BCUT2D eigenvalue weighted by Gasteiger charge is 2.37. The molecule has 1 unspecified atom stereocenters. The van der Waals surface area contributed by atoms with E-state index in [0.717, 1.165) is 30.3 Å². The van der Waals surface area contributed by atoms with Gasteiger partial charge in [-0.3, -0.25) is 4.79 Å². The van der Waals surface area contributed by atoms with E-state index in [9.17, 15) is 33.3 Å². The molecule has 0 bridgehead atoms. The van der Waals surface area contributed by atoms with Crippen LogP contribution in [0.3, 0.4) is 0 Å². The van der Waals surface area contributed by atoms with Crippen molar-refractivity contribution in [2.45, 2.75) is 24.6 Å². The van der Waals surface area contributed by atoms with Gasteiger partial charge in [-0.05, 0) is 38.2 Å². The SMILES string of the molecule is CN1CCC(c2c(O)cc(O)c3c(=O)cc(-c4ccc(C(F)(F)F)cc4Cl)oc23)[C@H]1CO.Cl. The minimum absolute atomic E-state index is 0. The Hall–Kier alpha value is -2.46. The molecule has 1 aliphatic heterocycles. The fourth-order valence-corrected chi connectivity index (χ4v) is 4.59. The average molecular weight is 506 g/mol. The smallest absolute Gasteiger partial charge is 0.416 e.